The second kappa shape index (κ2) is 8.86. The molecule has 3 aromatic carbocycles. The van der Waals surface area contributed by atoms with Gasteiger partial charge in [-0.1, -0.05) is 17.7 Å². The maximum atomic E-state index is 13.9. The molecule has 0 bridgehead atoms. The van der Waals surface area contributed by atoms with Gasteiger partial charge < -0.3 is 9.47 Å². The second-order valence-electron chi connectivity index (χ2n) is 6.42. The minimum atomic E-state index is -0.600. The molecule has 0 radical (unpaired) electrons. The molecule has 0 N–H and O–H groups in total. The molecule has 0 aliphatic rings. The van der Waals surface area contributed by atoms with Crippen LogP contribution in [-0.2, 0) is 13.2 Å². The Balaban J connectivity index is 1.68. The van der Waals surface area contributed by atoms with Crippen molar-refractivity contribution >= 4 is 0 Å². The number of ether oxygens (including phenoxy) is 2. The summed E-state index contributed by atoms with van der Waals surface area (Å²) < 4.78 is 38.9. The van der Waals surface area contributed by atoms with E-state index in [-0.39, 0.29) is 35.8 Å². The molecule has 0 aliphatic carbocycles. The highest BCUT2D eigenvalue weighted by Crippen LogP contribution is 2.22. The van der Waals surface area contributed by atoms with Crippen LogP contribution in [0.5, 0.6) is 11.5 Å². The summed E-state index contributed by atoms with van der Waals surface area (Å²) in [5.74, 6) is -1.08. The molecule has 0 fully saturated rings. The van der Waals surface area contributed by atoms with Crippen LogP contribution in [-0.4, -0.2) is 0 Å². The van der Waals surface area contributed by atoms with Gasteiger partial charge in [0, 0.05) is 0 Å². The average molecular weight is 390 g/mol. The van der Waals surface area contributed by atoms with Crippen molar-refractivity contribution in [3.63, 3.8) is 0 Å². The van der Waals surface area contributed by atoms with E-state index in [0.29, 0.717) is 0 Å². The quantitative estimate of drug-likeness (QED) is 0.582. The lowest BCUT2D eigenvalue weighted by atomic mass is 10.1. The van der Waals surface area contributed by atoms with Gasteiger partial charge in [0.2, 0.25) is 0 Å². The van der Waals surface area contributed by atoms with Crippen molar-refractivity contribution in [1.82, 2.24) is 0 Å². The molecule has 3 rings (SSSR count). The lowest BCUT2D eigenvalue weighted by molar-refractivity contribution is 0.284. The van der Waals surface area contributed by atoms with E-state index in [2.05, 4.69) is 0 Å². The molecule has 0 saturated heterocycles. The van der Waals surface area contributed by atoms with Crippen LogP contribution in [0.1, 0.15) is 27.8 Å². The van der Waals surface area contributed by atoms with Crippen LogP contribution < -0.4 is 9.47 Å². The molecule has 0 unspecified atom stereocenters. The number of halogens is 2. The molecule has 4 nitrogen and oxygen atoms in total. The fourth-order valence-corrected chi connectivity index (χ4v) is 2.81. The topological polar surface area (TPSA) is 66.0 Å². The predicted molar refractivity (Wildman–Crippen MR) is 102 cm³/mol. The molecular formula is C23H16F2N2O2. The Bertz CT molecular complexity index is 1040. The Kier molecular flexibility index (Phi) is 6.06. The van der Waals surface area contributed by atoms with Gasteiger partial charge in [0.25, 0.3) is 0 Å². The van der Waals surface area contributed by atoms with Crippen LogP contribution >= 0.6 is 0 Å². The Labute approximate surface area is 167 Å². The minimum Gasteiger partial charge on any atom is -0.486 e. The molecular weight excluding hydrogens is 374 g/mol. The zero-order valence-corrected chi connectivity index (χ0v) is 15.6. The summed E-state index contributed by atoms with van der Waals surface area (Å²) in [6.07, 6.45) is 0. The van der Waals surface area contributed by atoms with Crippen molar-refractivity contribution in [3.8, 4) is 23.6 Å². The zero-order valence-electron chi connectivity index (χ0n) is 15.6. The van der Waals surface area contributed by atoms with Gasteiger partial charge in [-0.3, -0.25) is 0 Å². The van der Waals surface area contributed by atoms with E-state index in [1.807, 2.05) is 37.3 Å². The second-order valence-corrected chi connectivity index (χ2v) is 6.42. The average Bonchev–Trinajstić information content (AvgIpc) is 2.71. The molecule has 0 aliphatic heterocycles. The third-order valence-electron chi connectivity index (χ3n) is 4.11. The Hall–Kier alpha value is -3.90. The first-order chi connectivity index (χ1) is 14.0. The molecule has 0 atom stereocenters. The van der Waals surface area contributed by atoms with E-state index in [4.69, 9.17) is 20.0 Å². The van der Waals surface area contributed by atoms with E-state index in [1.165, 1.54) is 24.3 Å². The lowest BCUT2D eigenvalue weighted by Crippen LogP contribution is -2.02. The van der Waals surface area contributed by atoms with Gasteiger partial charge >= 0.3 is 0 Å². The van der Waals surface area contributed by atoms with Gasteiger partial charge in [-0.05, 0) is 60.5 Å². The molecule has 0 saturated carbocycles. The van der Waals surface area contributed by atoms with E-state index in [0.717, 1.165) is 28.8 Å². The van der Waals surface area contributed by atoms with Gasteiger partial charge in [-0.2, -0.15) is 10.5 Å². The zero-order chi connectivity index (χ0) is 20.8. The van der Waals surface area contributed by atoms with Crippen molar-refractivity contribution in [2.24, 2.45) is 0 Å². The highest BCUT2D eigenvalue weighted by Gasteiger charge is 2.08. The summed E-state index contributed by atoms with van der Waals surface area (Å²) in [6.45, 7) is 2.16. The number of nitriles is 2. The molecule has 0 amide bonds. The minimum absolute atomic E-state index is 0.0583. The van der Waals surface area contributed by atoms with Crippen LogP contribution in [0.3, 0.4) is 0 Å². The van der Waals surface area contributed by atoms with Crippen molar-refractivity contribution in [2.75, 3.05) is 0 Å². The molecule has 29 heavy (non-hydrogen) atoms. The van der Waals surface area contributed by atoms with Crippen LogP contribution in [0.2, 0.25) is 0 Å². The van der Waals surface area contributed by atoms with Gasteiger partial charge in [0.1, 0.15) is 13.2 Å². The van der Waals surface area contributed by atoms with Gasteiger partial charge in [-0.25, -0.2) is 8.78 Å². The summed E-state index contributed by atoms with van der Waals surface area (Å²) in [4.78, 5) is 0. The molecule has 0 heterocycles. The predicted octanol–water partition coefficient (Wildman–Crippen LogP) is 5.17. The number of hydrogen-bond acceptors (Lipinski definition) is 4. The third kappa shape index (κ3) is 5.09. The highest BCUT2D eigenvalue weighted by atomic mass is 19.1. The molecule has 0 aromatic heterocycles. The van der Waals surface area contributed by atoms with Crippen molar-refractivity contribution in [3.05, 3.63) is 94.0 Å². The van der Waals surface area contributed by atoms with E-state index >= 15 is 0 Å². The summed E-state index contributed by atoms with van der Waals surface area (Å²) >= 11 is 0. The summed E-state index contributed by atoms with van der Waals surface area (Å²) in [6, 6.07) is 17.4. The molecule has 3 aromatic rings. The number of benzene rings is 3. The monoisotopic (exact) mass is 390 g/mol. The normalized spacial score (nSPS) is 10.1. The Morgan fingerprint density at radius 1 is 0.724 bits per heavy atom. The summed E-state index contributed by atoms with van der Waals surface area (Å²) in [5.41, 5.74) is 2.99. The first-order valence-electron chi connectivity index (χ1n) is 8.73. The Morgan fingerprint density at radius 2 is 1.17 bits per heavy atom. The van der Waals surface area contributed by atoms with Gasteiger partial charge in [0.05, 0.1) is 23.3 Å². The highest BCUT2D eigenvalue weighted by molar-refractivity contribution is 5.37. The largest absolute Gasteiger partial charge is 0.486 e. The number of rotatable bonds is 6. The Morgan fingerprint density at radius 3 is 1.55 bits per heavy atom. The number of hydrogen-bond donors (Lipinski definition) is 0. The fraction of sp³-hybridized carbons (Fsp3) is 0.130. The van der Waals surface area contributed by atoms with E-state index in [9.17, 15) is 8.78 Å². The van der Waals surface area contributed by atoms with Crippen LogP contribution in [0, 0.1) is 41.2 Å². The van der Waals surface area contributed by atoms with Gasteiger partial charge in [0.15, 0.2) is 23.1 Å². The van der Waals surface area contributed by atoms with Crippen LogP contribution in [0.25, 0.3) is 0 Å². The lowest BCUT2D eigenvalue weighted by Gasteiger charge is -2.12. The van der Waals surface area contributed by atoms with Crippen LogP contribution in [0.4, 0.5) is 8.78 Å². The maximum absolute atomic E-state index is 13.9. The van der Waals surface area contributed by atoms with E-state index in [1.54, 1.807) is 0 Å². The smallest absolute Gasteiger partial charge is 0.166 e. The molecule has 0 spiro atoms. The SMILES string of the molecule is Cc1cc(COc2ccc(C#N)cc2F)cc(COc2ccc(C#N)cc2F)c1. The molecule has 6 heteroatoms. The van der Waals surface area contributed by atoms with Crippen molar-refractivity contribution in [1.29, 1.82) is 10.5 Å². The van der Waals surface area contributed by atoms with Crippen molar-refractivity contribution < 1.29 is 18.3 Å². The standard InChI is InChI=1S/C23H16F2N2O2/c1-15-6-18(13-28-22-4-2-16(11-26)9-20(22)24)8-19(7-15)14-29-23-5-3-17(12-27)10-21(23)25/h2-10H,13-14H2,1H3. The number of nitrogens with zero attached hydrogens (tertiary/aromatic N) is 2. The summed E-state index contributed by atoms with van der Waals surface area (Å²) in [5, 5.41) is 17.6. The maximum Gasteiger partial charge on any atom is 0.166 e. The molecule has 144 valence electrons. The number of aryl methyl sites for hydroxylation is 1. The van der Waals surface area contributed by atoms with Crippen LogP contribution in [0.15, 0.2) is 54.6 Å². The van der Waals surface area contributed by atoms with Crippen molar-refractivity contribution in [2.45, 2.75) is 20.1 Å². The first-order valence-corrected chi connectivity index (χ1v) is 8.73. The third-order valence-corrected chi connectivity index (χ3v) is 4.11. The van der Waals surface area contributed by atoms with E-state index < -0.39 is 11.6 Å². The summed E-state index contributed by atoms with van der Waals surface area (Å²) in [7, 11) is 0. The van der Waals surface area contributed by atoms with Gasteiger partial charge in [-0.15, -0.1) is 0 Å². The fourth-order valence-electron chi connectivity index (χ4n) is 2.81. The first kappa shape index (κ1) is 19.9.